The molecule has 0 spiro atoms. The number of anilines is 1. The summed E-state index contributed by atoms with van der Waals surface area (Å²) in [4.78, 5) is 2.22. The lowest BCUT2D eigenvalue weighted by atomic mass is 9.90. The van der Waals surface area contributed by atoms with Crippen LogP contribution in [0.3, 0.4) is 0 Å². The largest absolute Gasteiger partial charge is 0.396 e. The van der Waals surface area contributed by atoms with Crippen LogP contribution in [0, 0.1) is 5.82 Å². The maximum Gasteiger partial charge on any atom is 0.130 e. The first-order valence-corrected chi connectivity index (χ1v) is 7.06. The first-order valence-electron chi connectivity index (χ1n) is 7.06. The fraction of sp³-hybridized carbons (Fsp3) is 0.600. The van der Waals surface area contributed by atoms with E-state index in [0.29, 0.717) is 18.0 Å². The van der Waals surface area contributed by atoms with Gasteiger partial charge in [-0.1, -0.05) is 6.07 Å². The molecular weight excluding hydrogens is 243 g/mol. The van der Waals surface area contributed by atoms with Crippen LogP contribution in [0.1, 0.15) is 44.2 Å². The summed E-state index contributed by atoms with van der Waals surface area (Å²) < 4.78 is 14.0. The summed E-state index contributed by atoms with van der Waals surface area (Å²) in [5.41, 5.74) is 7.41. The lowest BCUT2D eigenvalue weighted by molar-refractivity contribution is 0.282. The maximum absolute atomic E-state index is 14.0. The van der Waals surface area contributed by atoms with Crippen molar-refractivity contribution in [2.75, 3.05) is 18.1 Å². The molecule has 1 fully saturated rings. The van der Waals surface area contributed by atoms with E-state index in [-0.39, 0.29) is 18.5 Å². The Morgan fingerprint density at radius 1 is 1.47 bits per heavy atom. The molecular formula is C15H23FN2O. The molecule has 3 nitrogen and oxygen atoms in total. The Balaban J connectivity index is 2.31. The molecule has 3 N–H and O–H groups in total. The highest BCUT2D eigenvalue weighted by Gasteiger charge is 2.27. The average molecular weight is 266 g/mol. The van der Waals surface area contributed by atoms with Gasteiger partial charge in [-0.05, 0) is 44.7 Å². The van der Waals surface area contributed by atoms with Gasteiger partial charge in [0.1, 0.15) is 5.82 Å². The first kappa shape index (κ1) is 14.3. The lowest BCUT2D eigenvalue weighted by Gasteiger charge is -2.40. The predicted octanol–water partition coefficient (Wildman–Crippen LogP) is 2.59. The number of nitrogens with zero attached hydrogens (tertiary/aromatic N) is 1. The van der Waals surface area contributed by atoms with Crippen LogP contribution < -0.4 is 10.6 Å². The molecule has 0 bridgehead atoms. The summed E-state index contributed by atoms with van der Waals surface area (Å²) in [5, 5.41) is 9.04. The van der Waals surface area contributed by atoms with Gasteiger partial charge in [0.05, 0.1) is 0 Å². The maximum atomic E-state index is 14.0. The van der Waals surface area contributed by atoms with E-state index < -0.39 is 0 Å². The number of aliphatic hydroxyl groups is 1. The van der Waals surface area contributed by atoms with E-state index in [1.54, 1.807) is 6.07 Å². The number of hydrogen-bond acceptors (Lipinski definition) is 3. The molecule has 1 aliphatic rings. The van der Waals surface area contributed by atoms with E-state index in [1.165, 1.54) is 12.5 Å². The number of nitrogens with two attached hydrogens (primary N) is 1. The summed E-state index contributed by atoms with van der Waals surface area (Å²) >= 11 is 0. The molecule has 0 amide bonds. The molecule has 1 aromatic carbocycles. The Morgan fingerprint density at radius 2 is 2.21 bits per heavy atom. The molecule has 0 aromatic heterocycles. The van der Waals surface area contributed by atoms with Crippen LogP contribution >= 0.6 is 0 Å². The number of aliphatic hydroxyl groups excluding tert-OH is 1. The average Bonchev–Trinajstić information content (AvgIpc) is 2.31. The van der Waals surface area contributed by atoms with Crippen LogP contribution in [0.2, 0.25) is 0 Å². The second-order valence-corrected chi connectivity index (χ2v) is 5.32. The normalized spacial score (nSPS) is 17.1. The van der Waals surface area contributed by atoms with Crippen LogP contribution in [0.5, 0.6) is 0 Å². The smallest absolute Gasteiger partial charge is 0.130 e. The zero-order chi connectivity index (χ0) is 13.8. The Labute approximate surface area is 114 Å². The van der Waals surface area contributed by atoms with Crippen molar-refractivity contribution in [2.45, 2.75) is 44.7 Å². The van der Waals surface area contributed by atoms with Gasteiger partial charge in [0.2, 0.25) is 0 Å². The molecule has 0 aliphatic heterocycles. The summed E-state index contributed by atoms with van der Waals surface area (Å²) in [7, 11) is 0. The number of benzene rings is 1. The summed E-state index contributed by atoms with van der Waals surface area (Å²) in [6.07, 6.45) is 4.20. The summed E-state index contributed by atoms with van der Waals surface area (Å²) in [5.74, 6) is -0.235. The van der Waals surface area contributed by atoms with Gasteiger partial charge in [-0.2, -0.15) is 0 Å². The van der Waals surface area contributed by atoms with Gasteiger partial charge in [0.25, 0.3) is 0 Å². The van der Waals surface area contributed by atoms with Gasteiger partial charge in [-0.15, -0.1) is 0 Å². The number of hydrogen-bond donors (Lipinski definition) is 2. The third-order valence-corrected chi connectivity index (χ3v) is 3.87. The van der Waals surface area contributed by atoms with E-state index in [9.17, 15) is 4.39 Å². The van der Waals surface area contributed by atoms with Crippen molar-refractivity contribution in [3.05, 3.63) is 29.6 Å². The van der Waals surface area contributed by atoms with Crippen molar-refractivity contribution in [3.63, 3.8) is 0 Å². The van der Waals surface area contributed by atoms with Gasteiger partial charge in [-0.25, -0.2) is 4.39 Å². The quantitative estimate of drug-likeness (QED) is 0.832. The SMILES string of the molecule is C[C@H](N)c1c(F)cccc1N(CCCO)C1CCC1. The summed E-state index contributed by atoms with van der Waals surface area (Å²) in [6.45, 7) is 2.73. The molecule has 106 valence electrons. The molecule has 2 rings (SSSR count). The van der Waals surface area contributed by atoms with Gasteiger partial charge in [-0.3, -0.25) is 0 Å². The van der Waals surface area contributed by atoms with Gasteiger partial charge >= 0.3 is 0 Å². The van der Waals surface area contributed by atoms with Crippen molar-refractivity contribution in [3.8, 4) is 0 Å². The molecule has 0 saturated heterocycles. The van der Waals surface area contributed by atoms with Crippen molar-refractivity contribution in [2.24, 2.45) is 5.73 Å². The van der Waals surface area contributed by atoms with Gasteiger partial charge < -0.3 is 15.7 Å². The Bertz CT molecular complexity index is 419. The number of rotatable bonds is 6. The van der Waals surface area contributed by atoms with Crippen molar-refractivity contribution >= 4 is 5.69 Å². The van der Waals surface area contributed by atoms with Crippen molar-refractivity contribution < 1.29 is 9.50 Å². The van der Waals surface area contributed by atoms with Crippen LogP contribution in [-0.2, 0) is 0 Å². The summed E-state index contributed by atoms with van der Waals surface area (Å²) in [6, 6.07) is 5.28. The third-order valence-electron chi connectivity index (χ3n) is 3.87. The van der Waals surface area contributed by atoms with Crippen LogP contribution in [0.4, 0.5) is 10.1 Å². The molecule has 0 unspecified atom stereocenters. The third kappa shape index (κ3) is 3.07. The predicted molar refractivity (Wildman–Crippen MR) is 75.7 cm³/mol. The van der Waals surface area contributed by atoms with Crippen molar-refractivity contribution in [1.29, 1.82) is 0 Å². The van der Waals surface area contributed by atoms with Crippen molar-refractivity contribution in [1.82, 2.24) is 0 Å². The lowest BCUT2D eigenvalue weighted by Crippen LogP contribution is -2.42. The molecule has 1 atom stereocenters. The van der Waals surface area contributed by atoms with Crippen LogP contribution in [0.15, 0.2) is 18.2 Å². The Morgan fingerprint density at radius 3 is 2.74 bits per heavy atom. The second-order valence-electron chi connectivity index (χ2n) is 5.32. The van der Waals surface area contributed by atoms with E-state index in [0.717, 1.165) is 25.1 Å². The fourth-order valence-corrected chi connectivity index (χ4v) is 2.67. The molecule has 1 saturated carbocycles. The second kappa shape index (κ2) is 6.35. The van der Waals surface area contributed by atoms with Crippen LogP contribution in [-0.4, -0.2) is 24.3 Å². The standard InChI is InChI=1S/C15H23FN2O/c1-11(17)15-13(16)7-3-8-14(15)18(9-4-10-19)12-5-2-6-12/h3,7-8,11-12,19H,2,4-6,9-10,17H2,1H3/t11-/m0/s1. The molecule has 1 aromatic rings. The minimum atomic E-state index is -0.326. The van der Waals surface area contributed by atoms with Gasteiger partial charge in [0.15, 0.2) is 0 Å². The minimum Gasteiger partial charge on any atom is -0.396 e. The van der Waals surface area contributed by atoms with E-state index in [4.69, 9.17) is 10.8 Å². The molecule has 1 aliphatic carbocycles. The minimum absolute atomic E-state index is 0.159. The fourth-order valence-electron chi connectivity index (χ4n) is 2.67. The highest BCUT2D eigenvalue weighted by atomic mass is 19.1. The zero-order valence-electron chi connectivity index (χ0n) is 11.5. The molecule has 4 heteroatoms. The van der Waals surface area contributed by atoms with Crippen LogP contribution in [0.25, 0.3) is 0 Å². The van der Waals surface area contributed by atoms with E-state index in [2.05, 4.69) is 4.90 Å². The monoisotopic (exact) mass is 266 g/mol. The van der Waals surface area contributed by atoms with Gasteiger partial charge in [0, 0.05) is 36.5 Å². The Hall–Kier alpha value is -1.13. The van der Waals surface area contributed by atoms with E-state index >= 15 is 0 Å². The molecule has 19 heavy (non-hydrogen) atoms. The zero-order valence-corrected chi connectivity index (χ0v) is 11.5. The Kier molecular flexibility index (Phi) is 4.77. The highest BCUT2D eigenvalue weighted by Crippen LogP contribution is 2.34. The highest BCUT2D eigenvalue weighted by molar-refractivity contribution is 5.56. The number of halogens is 1. The molecule has 0 heterocycles. The first-order chi connectivity index (χ1) is 9.15. The molecule has 0 radical (unpaired) electrons. The topological polar surface area (TPSA) is 49.5 Å². The van der Waals surface area contributed by atoms with E-state index in [1.807, 2.05) is 13.0 Å².